The summed E-state index contributed by atoms with van der Waals surface area (Å²) in [5.74, 6) is -1.31. The number of nitrogens with one attached hydrogen (secondary N) is 2. The molecule has 0 saturated heterocycles. The van der Waals surface area contributed by atoms with Crippen molar-refractivity contribution >= 4 is 17.7 Å². The van der Waals surface area contributed by atoms with Gasteiger partial charge in [-0.25, -0.2) is 4.39 Å². The average molecular weight is 571 g/mol. The Morgan fingerprint density at radius 1 is 0.951 bits per heavy atom. The second-order valence-corrected chi connectivity index (χ2v) is 11.9. The lowest BCUT2D eigenvalue weighted by atomic mass is 9.84. The SMILES string of the molecule is CCN(C(=O)C(C(C)C)N(C)C(=O)C(Cc1ccc(F)cc1)NC)C(Cc1ccc(O)c(C(C)(C)C)c1)C(=O)NC. The van der Waals surface area contributed by atoms with E-state index in [-0.39, 0.29) is 53.6 Å². The molecule has 0 aliphatic carbocycles. The fraction of sp³-hybridized carbons (Fsp3) is 0.531. The lowest BCUT2D eigenvalue weighted by Gasteiger charge is -2.38. The Balaban J connectivity index is 2.39. The van der Waals surface area contributed by atoms with Gasteiger partial charge in [0.05, 0.1) is 6.04 Å². The number of hydrogen-bond acceptors (Lipinski definition) is 5. The molecular formula is C32H47FN4O4. The maximum Gasteiger partial charge on any atom is 0.246 e. The predicted octanol–water partition coefficient (Wildman–Crippen LogP) is 3.65. The van der Waals surface area contributed by atoms with Crippen LogP contribution in [0, 0.1) is 11.7 Å². The average Bonchev–Trinajstić information content (AvgIpc) is 2.91. The monoisotopic (exact) mass is 570 g/mol. The fourth-order valence-corrected chi connectivity index (χ4v) is 5.19. The number of phenols is 1. The number of nitrogens with zero attached hydrogens (tertiary/aromatic N) is 2. The number of phenolic OH excluding ortho intramolecular Hbond substituents is 1. The van der Waals surface area contributed by atoms with Gasteiger partial charge in [0.15, 0.2) is 0 Å². The Morgan fingerprint density at radius 2 is 1.54 bits per heavy atom. The van der Waals surface area contributed by atoms with E-state index in [4.69, 9.17) is 0 Å². The summed E-state index contributed by atoms with van der Waals surface area (Å²) >= 11 is 0. The molecule has 41 heavy (non-hydrogen) atoms. The molecule has 3 amide bonds. The Morgan fingerprint density at radius 3 is 2.02 bits per heavy atom. The lowest BCUT2D eigenvalue weighted by Crippen LogP contribution is -2.59. The zero-order valence-electron chi connectivity index (χ0n) is 25.9. The van der Waals surface area contributed by atoms with Crippen LogP contribution in [0.15, 0.2) is 42.5 Å². The van der Waals surface area contributed by atoms with Gasteiger partial charge in [0, 0.05) is 27.1 Å². The first-order valence-electron chi connectivity index (χ1n) is 14.2. The highest BCUT2D eigenvalue weighted by Crippen LogP contribution is 2.32. The van der Waals surface area contributed by atoms with E-state index in [1.807, 2.05) is 47.6 Å². The number of aromatic hydroxyl groups is 1. The van der Waals surface area contributed by atoms with Gasteiger partial charge in [-0.2, -0.15) is 0 Å². The molecule has 0 heterocycles. The standard InChI is InChI=1S/C32H47FN4O4/c1-10-37(26(29(39)35-8)19-22-13-16-27(38)24(17-22)32(4,5)6)31(41)28(20(2)3)36(9)30(40)25(34-7)18-21-11-14-23(33)15-12-21/h11-17,20,25-26,28,34,38H,10,18-19H2,1-9H3,(H,35,39). The highest BCUT2D eigenvalue weighted by molar-refractivity contribution is 5.93. The second-order valence-electron chi connectivity index (χ2n) is 11.9. The molecule has 0 fully saturated rings. The molecule has 3 atom stereocenters. The summed E-state index contributed by atoms with van der Waals surface area (Å²) in [5.41, 5.74) is 2.04. The molecule has 2 aromatic rings. The molecule has 0 radical (unpaired) electrons. The number of amides is 3. The van der Waals surface area contributed by atoms with E-state index in [0.717, 1.165) is 16.7 Å². The zero-order chi connectivity index (χ0) is 31.1. The molecule has 0 aliphatic heterocycles. The third-order valence-electron chi connectivity index (χ3n) is 7.50. The first-order chi connectivity index (χ1) is 19.2. The third-order valence-corrected chi connectivity index (χ3v) is 7.50. The predicted molar refractivity (Wildman–Crippen MR) is 160 cm³/mol. The summed E-state index contributed by atoms with van der Waals surface area (Å²) in [7, 11) is 4.82. The summed E-state index contributed by atoms with van der Waals surface area (Å²) in [5, 5.41) is 16.1. The molecule has 2 rings (SSSR count). The maximum absolute atomic E-state index is 14.2. The third kappa shape index (κ3) is 8.52. The van der Waals surface area contributed by atoms with Crippen molar-refractivity contribution in [3.05, 3.63) is 65.0 Å². The van der Waals surface area contributed by atoms with Crippen LogP contribution < -0.4 is 10.6 Å². The Bertz CT molecular complexity index is 1190. The van der Waals surface area contributed by atoms with E-state index >= 15 is 0 Å². The van der Waals surface area contributed by atoms with E-state index in [0.29, 0.717) is 6.42 Å². The zero-order valence-corrected chi connectivity index (χ0v) is 25.9. The molecule has 2 aromatic carbocycles. The van der Waals surface area contributed by atoms with Gasteiger partial charge in [0.25, 0.3) is 0 Å². The van der Waals surface area contributed by atoms with Crippen LogP contribution in [0.3, 0.4) is 0 Å². The van der Waals surface area contributed by atoms with Crippen molar-refractivity contribution in [3.8, 4) is 5.75 Å². The molecule has 8 nitrogen and oxygen atoms in total. The van der Waals surface area contributed by atoms with Gasteiger partial charge in [0.2, 0.25) is 17.7 Å². The van der Waals surface area contributed by atoms with Crippen LogP contribution in [0.1, 0.15) is 58.2 Å². The van der Waals surface area contributed by atoms with Crippen molar-refractivity contribution in [1.82, 2.24) is 20.4 Å². The summed E-state index contributed by atoms with van der Waals surface area (Å²) in [6, 6.07) is 8.99. The summed E-state index contributed by atoms with van der Waals surface area (Å²) < 4.78 is 13.4. The van der Waals surface area contributed by atoms with Crippen molar-refractivity contribution in [2.24, 2.45) is 5.92 Å². The molecule has 0 bridgehead atoms. The van der Waals surface area contributed by atoms with Gasteiger partial charge in [-0.3, -0.25) is 14.4 Å². The van der Waals surface area contributed by atoms with Gasteiger partial charge in [-0.05, 0) is 66.6 Å². The van der Waals surface area contributed by atoms with Gasteiger partial charge in [0.1, 0.15) is 23.7 Å². The summed E-state index contributed by atoms with van der Waals surface area (Å²) in [6.45, 7) is 11.8. The highest BCUT2D eigenvalue weighted by atomic mass is 19.1. The van der Waals surface area contributed by atoms with Gasteiger partial charge in [-0.1, -0.05) is 58.9 Å². The first-order valence-corrected chi connectivity index (χ1v) is 14.2. The van der Waals surface area contributed by atoms with Gasteiger partial charge in [-0.15, -0.1) is 0 Å². The van der Waals surface area contributed by atoms with E-state index in [2.05, 4.69) is 10.6 Å². The number of carbonyl (C=O) groups excluding carboxylic acids is 3. The normalized spacial score (nSPS) is 13.8. The van der Waals surface area contributed by atoms with Crippen molar-refractivity contribution < 1.29 is 23.9 Å². The molecule has 3 unspecified atom stereocenters. The number of benzene rings is 2. The topological polar surface area (TPSA) is 102 Å². The molecule has 0 aromatic heterocycles. The van der Waals surface area contributed by atoms with Crippen LogP contribution in [0.5, 0.6) is 5.75 Å². The molecule has 226 valence electrons. The Hall–Kier alpha value is -3.46. The number of halogens is 1. The largest absolute Gasteiger partial charge is 0.508 e. The minimum Gasteiger partial charge on any atom is -0.508 e. The van der Waals surface area contributed by atoms with E-state index < -0.39 is 18.1 Å². The van der Waals surface area contributed by atoms with E-state index in [1.165, 1.54) is 29.0 Å². The second kappa shape index (κ2) is 14.4. The van der Waals surface area contributed by atoms with Crippen molar-refractivity contribution in [2.45, 2.75) is 77.9 Å². The first kappa shape index (κ1) is 33.7. The molecule has 9 heteroatoms. The van der Waals surface area contributed by atoms with Crippen molar-refractivity contribution in [1.29, 1.82) is 0 Å². The van der Waals surface area contributed by atoms with Crippen molar-refractivity contribution in [3.63, 3.8) is 0 Å². The minimum atomic E-state index is -0.820. The number of hydrogen-bond donors (Lipinski definition) is 3. The Labute approximate surface area is 244 Å². The number of carbonyl (C=O) groups is 3. The van der Waals surface area contributed by atoms with Gasteiger partial charge < -0.3 is 25.5 Å². The van der Waals surface area contributed by atoms with Crippen LogP contribution in [0.4, 0.5) is 4.39 Å². The highest BCUT2D eigenvalue weighted by Gasteiger charge is 2.39. The number of likely N-dealkylation sites (N-methyl/N-ethyl adjacent to an activating group) is 4. The summed E-state index contributed by atoms with van der Waals surface area (Å²) in [4.78, 5) is 44.0. The molecule has 0 saturated carbocycles. The van der Waals surface area contributed by atoms with Crippen LogP contribution in [-0.4, -0.2) is 78.4 Å². The quantitative estimate of drug-likeness (QED) is 0.362. The van der Waals surface area contributed by atoms with E-state index in [1.54, 1.807) is 38.4 Å². The smallest absolute Gasteiger partial charge is 0.246 e. The minimum absolute atomic E-state index is 0.181. The van der Waals surface area contributed by atoms with Crippen LogP contribution in [-0.2, 0) is 32.6 Å². The molecule has 0 aliphatic rings. The van der Waals surface area contributed by atoms with Crippen LogP contribution in [0.25, 0.3) is 0 Å². The molecule has 0 spiro atoms. The lowest BCUT2D eigenvalue weighted by molar-refractivity contribution is -0.151. The molecular weight excluding hydrogens is 523 g/mol. The van der Waals surface area contributed by atoms with Crippen LogP contribution in [0.2, 0.25) is 0 Å². The Kier molecular flexibility index (Phi) is 11.9. The van der Waals surface area contributed by atoms with Crippen LogP contribution >= 0.6 is 0 Å². The van der Waals surface area contributed by atoms with Gasteiger partial charge >= 0.3 is 0 Å². The van der Waals surface area contributed by atoms with E-state index in [9.17, 15) is 23.9 Å². The van der Waals surface area contributed by atoms with Crippen molar-refractivity contribution in [2.75, 3.05) is 27.7 Å². The molecule has 3 N–H and O–H groups in total. The maximum atomic E-state index is 14.2. The fourth-order valence-electron chi connectivity index (χ4n) is 5.19. The summed E-state index contributed by atoms with van der Waals surface area (Å²) in [6.07, 6.45) is 0.572. The number of rotatable bonds is 12.